The summed E-state index contributed by atoms with van der Waals surface area (Å²) in [5.74, 6) is -0.584. The maximum atomic E-state index is 11.8. The highest BCUT2D eigenvalue weighted by Crippen LogP contribution is 2.36. The minimum absolute atomic E-state index is 0.00154. The monoisotopic (exact) mass is 292 g/mol. The van der Waals surface area contributed by atoms with Crippen molar-refractivity contribution >= 4 is 29.2 Å². The van der Waals surface area contributed by atoms with E-state index in [-0.39, 0.29) is 24.7 Å². The average molecular weight is 292 g/mol. The number of hydrogen-bond donors (Lipinski definition) is 2. The van der Waals surface area contributed by atoms with Gasteiger partial charge in [-0.05, 0) is 19.1 Å². The average Bonchev–Trinajstić information content (AvgIpc) is 2.46. The van der Waals surface area contributed by atoms with E-state index < -0.39 is 12.1 Å². The number of benzene rings is 1. The fourth-order valence-electron chi connectivity index (χ4n) is 1.86. The van der Waals surface area contributed by atoms with Gasteiger partial charge in [-0.3, -0.25) is 14.4 Å². The van der Waals surface area contributed by atoms with E-state index in [0.717, 1.165) is 0 Å². The first kappa shape index (κ1) is 14.8. The van der Waals surface area contributed by atoms with Crippen molar-refractivity contribution in [2.24, 2.45) is 0 Å². The lowest BCUT2D eigenvalue weighted by Gasteiger charge is -2.25. The summed E-state index contributed by atoms with van der Waals surface area (Å²) in [6.07, 6.45) is -0.582. The third-order valence-corrected chi connectivity index (χ3v) is 3.01. The molecule has 2 amide bonds. The van der Waals surface area contributed by atoms with Gasteiger partial charge in [-0.15, -0.1) is 0 Å². The van der Waals surface area contributed by atoms with Crippen LogP contribution < -0.4 is 15.4 Å². The van der Waals surface area contributed by atoms with Crippen LogP contribution in [0, 0.1) is 0 Å². The zero-order valence-corrected chi connectivity index (χ0v) is 11.8. The summed E-state index contributed by atoms with van der Waals surface area (Å²) < 4.78 is 9.92. The molecule has 0 saturated heterocycles. The van der Waals surface area contributed by atoms with Crippen LogP contribution in [-0.2, 0) is 19.1 Å². The number of carbonyl (C=O) groups is 3. The Morgan fingerprint density at radius 1 is 1.38 bits per heavy atom. The van der Waals surface area contributed by atoms with E-state index in [1.807, 2.05) is 0 Å². The molecule has 1 aromatic carbocycles. The lowest BCUT2D eigenvalue weighted by atomic mass is 10.2. The molecule has 112 valence electrons. The van der Waals surface area contributed by atoms with Gasteiger partial charge < -0.3 is 20.1 Å². The predicted octanol–water partition coefficient (Wildman–Crippen LogP) is 1.30. The number of rotatable bonds is 4. The Kier molecular flexibility index (Phi) is 4.42. The quantitative estimate of drug-likeness (QED) is 0.816. The van der Waals surface area contributed by atoms with Gasteiger partial charge in [0.05, 0.1) is 19.2 Å². The third-order valence-electron chi connectivity index (χ3n) is 3.01. The molecule has 0 fully saturated rings. The van der Waals surface area contributed by atoms with E-state index in [0.29, 0.717) is 17.1 Å². The van der Waals surface area contributed by atoms with Crippen LogP contribution in [0.1, 0.15) is 19.8 Å². The largest absolute Gasteiger partial charge is 0.479 e. The van der Waals surface area contributed by atoms with Crippen molar-refractivity contribution in [3.05, 3.63) is 18.2 Å². The van der Waals surface area contributed by atoms with E-state index in [1.54, 1.807) is 25.1 Å². The zero-order valence-electron chi connectivity index (χ0n) is 11.8. The molecule has 7 nitrogen and oxygen atoms in total. The highest BCUT2D eigenvalue weighted by molar-refractivity contribution is 6.04. The summed E-state index contributed by atoms with van der Waals surface area (Å²) >= 11 is 0. The molecule has 1 aromatic rings. The maximum Gasteiger partial charge on any atom is 0.306 e. The normalized spacial score (nSPS) is 16.3. The second-order valence-corrected chi connectivity index (χ2v) is 4.55. The molecular formula is C14H16N2O5. The Morgan fingerprint density at radius 2 is 2.14 bits per heavy atom. The van der Waals surface area contributed by atoms with Gasteiger partial charge in [-0.25, -0.2) is 0 Å². The van der Waals surface area contributed by atoms with Gasteiger partial charge in [-0.1, -0.05) is 6.07 Å². The van der Waals surface area contributed by atoms with Crippen LogP contribution >= 0.6 is 0 Å². The number of hydrogen-bond acceptors (Lipinski definition) is 5. The second-order valence-electron chi connectivity index (χ2n) is 4.55. The number of carbonyl (C=O) groups excluding carboxylic acids is 3. The fraction of sp³-hybridized carbons (Fsp3) is 0.357. The molecule has 21 heavy (non-hydrogen) atoms. The Balaban J connectivity index is 2.08. The van der Waals surface area contributed by atoms with Crippen LogP contribution in [0.15, 0.2) is 18.2 Å². The summed E-state index contributed by atoms with van der Waals surface area (Å²) in [6, 6.07) is 5.06. The molecule has 0 radical (unpaired) electrons. The number of para-hydroxylation sites is 1. The van der Waals surface area contributed by atoms with Crippen LogP contribution in [-0.4, -0.2) is 31.0 Å². The Bertz CT molecular complexity index is 585. The van der Waals surface area contributed by atoms with E-state index >= 15 is 0 Å². The van der Waals surface area contributed by atoms with Crippen LogP contribution in [0.4, 0.5) is 11.4 Å². The molecule has 0 saturated carbocycles. The molecule has 0 aromatic heterocycles. The summed E-state index contributed by atoms with van der Waals surface area (Å²) in [6.45, 7) is 1.64. The standard InChI is InChI=1S/C14H16N2O5/c1-8-14(19)16-13-9(4-3-5-10(13)21-8)15-11(17)6-7-12(18)20-2/h3-5,8H,6-7H2,1-2H3,(H,15,17)(H,16,19). The molecular weight excluding hydrogens is 276 g/mol. The Morgan fingerprint density at radius 3 is 2.86 bits per heavy atom. The summed E-state index contributed by atoms with van der Waals surface area (Å²) in [5.41, 5.74) is 0.856. The van der Waals surface area contributed by atoms with Gasteiger partial charge >= 0.3 is 5.97 Å². The molecule has 7 heteroatoms. The topological polar surface area (TPSA) is 93.7 Å². The van der Waals surface area contributed by atoms with Gasteiger partial charge in [0.2, 0.25) is 5.91 Å². The summed E-state index contributed by atoms with van der Waals surface area (Å²) in [5, 5.41) is 5.33. The number of nitrogens with one attached hydrogen (secondary N) is 2. The molecule has 0 bridgehead atoms. The first-order valence-electron chi connectivity index (χ1n) is 6.48. The minimum Gasteiger partial charge on any atom is -0.479 e. The molecule has 1 aliphatic heterocycles. The Hall–Kier alpha value is -2.57. The first-order valence-corrected chi connectivity index (χ1v) is 6.48. The van der Waals surface area contributed by atoms with Crippen LogP contribution in [0.2, 0.25) is 0 Å². The second kappa shape index (κ2) is 6.25. The van der Waals surface area contributed by atoms with Crippen LogP contribution in [0.5, 0.6) is 5.75 Å². The van der Waals surface area contributed by atoms with Crippen LogP contribution in [0.3, 0.4) is 0 Å². The number of anilines is 2. The van der Waals surface area contributed by atoms with Crippen molar-refractivity contribution in [3.8, 4) is 5.75 Å². The zero-order chi connectivity index (χ0) is 15.4. The summed E-state index contributed by atoms with van der Waals surface area (Å²) in [7, 11) is 1.27. The van der Waals surface area contributed by atoms with E-state index in [9.17, 15) is 14.4 Å². The SMILES string of the molecule is COC(=O)CCC(=O)Nc1cccc2c1NC(=O)C(C)O2. The smallest absolute Gasteiger partial charge is 0.306 e. The van der Waals surface area contributed by atoms with Gasteiger partial charge in [-0.2, -0.15) is 0 Å². The Labute approximate surface area is 121 Å². The van der Waals surface area contributed by atoms with Crippen molar-refractivity contribution in [2.45, 2.75) is 25.9 Å². The van der Waals surface area contributed by atoms with Crippen LogP contribution in [0.25, 0.3) is 0 Å². The molecule has 1 aliphatic rings. The van der Waals surface area contributed by atoms with Gasteiger partial charge in [0, 0.05) is 6.42 Å². The third kappa shape index (κ3) is 3.50. The number of esters is 1. The van der Waals surface area contributed by atoms with Crippen molar-refractivity contribution in [1.82, 2.24) is 0 Å². The molecule has 1 atom stereocenters. The van der Waals surface area contributed by atoms with Gasteiger partial charge in [0.25, 0.3) is 5.91 Å². The molecule has 0 aliphatic carbocycles. The summed E-state index contributed by atoms with van der Waals surface area (Å²) in [4.78, 5) is 34.4. The van der Waals surface area contributed by atoms with Crippen molar-refractivity contribution in [3.63, 3.8) is 0 Å². The number of fused-ring (bicyclic) bond motifs is 1. The van der Waals surface area contributed by atoms with Gasteiger partial charge in [0.15, 0.2) is 6.10 Å². The highest BCUT2D eigenvalue weighted by atomic mass is 16.5. The van der Waals surface area contributed by atoms with E-state index in [2.05, 4.69) is 15.4 Å². The van der Waals surface area contributed by atoms with Crippen molar-refractivity contribution in [1.29, 1.82) is 0 Å². The maximum absolute atomic E-state index is 11.8. The predicted molar refractivity (Wildman–Crippen MR) is 75.0 cm³/mol. The number of amides is 2. The fourth-order valence-corrected chi connectivity index (χ4v) is 1.86. The first-order chi connectivity index (χ1) is 10.0. The van der Waals surface area contributed by atoms with Gasteiger partial charge in [0.1, 0.15) is 11.4 Å². The lowest BCUT2D eigenvalue weighted by molar-refractivity contribution is -0.141. The highest BCUT2D eigenvalue weighted by Gasteiger charge is 2.25. The van der Waals surface area contributed by atoms with E-state index in [1.165, 1.54) is 7.11 Å². The molecule has 2 N–H and O–H groups in total. The molecule has 2 rings (SSSR count). The number of methoxy groups -OCH3 is 1. The van der Waals surface area contributed by atoms with Crippen molar-refractivity contribution in [2.75, 3.05) is 17.7 Å². The molecule has 0 spiro atoms. The minimum atomic E-state index is -0.581. The number of ether oxygens (including phenoxy) is 2. The molecule has 1 heterocycles. The lowest BCUT2D eigenvalue weighted by Crippen LogP contribution is -2.34. The van der Waals surface area contributed by atoms with Crippen molar-refractivity contribution < 1.29 is 23.9 Å². The molecule has 1 unspecified atom stereocenters. The van der Waals surface area contributed by atoms with E-state index in [4.69, 9.17) is 4.74 Å².